The molecule has 104 valence electrons. The van der Waals surface area contributed by atoms with Crippen LogP contribution in [0.3, 0.4) is 0 Å². The molecule has 0 aromatic carbocycles. The van der Waals surface area contributed by atoms with Crippen molar-refractivity contribution in [2.24, 2.45) is 0 Å². The molecule has 0 saturated heterocycles. The van der Waals surface area contributed by atoms with E-state index in [1.165, 1.54) is 6.92 Å². The average molecular weight is 280 g/mol. The molecule has 7 nitrogen and oxygen atoms in total. The monoisotopic (exact) mass is 280 g/mol. The summed E-state index contributed by atoms with van der Waals surface area (Å²) in [5, 5.41) is 10.7. The lowest BCUT2D eigenvalue weighted by atomic mass is 10.2. The summed E-state index contributed by atoms with van der Waals surface area (Å²) in [5.74, 6) is -3.71. The first kappa shape index (κ1) is 14.7. The van der Waals surface area contributed by atoms with Gasteiger partial charge in [-0.1, -0.05) is 0 Å². The summed E-state index contributed by atoms with van der Waals surface area (Å²) < 4.78 is 44.4. The molecule has 0 spiro atoms. The topological polar surface area (TPSA) is 91.6 Å². The Labute approximate surface area is 104 Å². The summed E-state index contributed by atoms with van der Waals surface area (Å²) in [6, 6.07) is 0.903. The molecule has 0 aliphatic heterocycles. The molecular weight excluding hydrogens is 273 g/mol. The number of nitro groups is 1. The van der Waals surface area contributed by atoms with E-state index >= 15 is 0 Å². The number of aryl methyl sites for hydroxylation is 1. The molecule has 0 atom stereocenters. The Morgan fingerprint density at radius 3 is 2.47 bits per heavy atom. The van der Waals surface area contributed by atoms with Gasteiger partial charge in [0, 0.05) is 13.0 Å². The van der Waals surface area contributed by atoms with E-state index in [1.54, 1.807) is 0 Å². The maximum absolute atomic E-state index is 12.2. The van der Waals surface area contributed by atoms with E-state index in [1.807, 2.05) is 0 Å². The first-order valence-electron chi connectivity index (χ1n) is 4.66. The van der Waals surface area contributed by atoms with E-state index < -0.39 is 34.4 Å². The van der Waals surface area contributed by atoms with Crippen LogP contribution in [0.5, 0.6) is 5.75 Å². The Kier molecular flexibility index (Phi) is 3.92. The summed E-state index contributed by atoms with van der Waals surface area (Å²) in [7, 11) is 0.918. The molecule has 0 fully saturated rings. The average Bonchev–Trinajstić information content (AvgIpc) is 2.27. The van der Waals surface area contributed by atoms with Crippen molar-refractivity contribution in [3.63, 3.8) is 0 Å². The second kappa shape index (κ2) is 5.08. The fraction of sp³-hybridized carbons (Fsp3) is 0.333. The number of rotatable bonds is 3. The summed E-state index contributed by atoms with van der Waals surface area (Å²) in [5.41, 5.74) is -0.749. The number of hydrogen-bond acceptors (Lipinski definition) is 6. The molecule has 0 aliphatic carbocycles. The molecule has 0 saturated carbocycles. The molecular formula is C9H7F3N2O5. The van der Waals surface area contributed by atoms with Gasteiger partial charge in [0.2, 0.25) is 5.75 Å². The van der Waals surface area contributed by atoms with Gasteiger partial charge in [-0.25, -0.2) is 4.79 Å². The number of alkyl halides is 3. The lowest BCUT2D eigenvalue weighted by Gasteiger charge is -2.11. The Hall–Kier alpha value is -2.39. The van der Waals surface area contributed by atoms with E-state index in [4.69, 9.17) is 0 Å². The number of nitrogens with zero attached hydrogens (tertiary/aromatic N) is 2. The van der Waals surface area contributed by atoms with E-state index in [0.717, 1.165) is 13.2 Å². The van der Waals surface area contributed by atoms with Gasteiger partial charge in [0.1, 0.15) is 5.56 Å². The molecule has 0 amide bonds. The summed E-state index contributed by atoms with van der Waals surface area (Å²) >= 11 is 0. The lowest BCUT2D eigenvalue weighted by Crippen LogP contribution is -2.21. The molecule has 1 rings (SSSR count). The number of aromatic nitrogens is 1. The zero-order valence-electron chi connectivity index (χ0n) is 9.65. The highest BCUT2D eigenvalue weighted by Gasteiger charge is 2.38. The predicted octanol–water partition coefficient (Wildman–Crippen LogP) is 1.98. The standard InChI is InChI=1S/C9H7F3N2O5/c1-4-3-5(8(15)18-2)6(19-9(10,11)12)7(13-4)14(16)17/h3H,1-2H3. The van der Waals surface area contributed by atoms with Crippen LogP contribution in [0.4, 0.5) is 19.0 Å². The van der Waals surface area contributed by atoms with Crippen LogP contribution in [0.2, 0.25) is 0 Å². The van der Waals surface area contributed by atoms with Crippen LogP contribution >= 0.6 is 0 Å². The summed E-state index contributed by atoms with van der Waals surface area (Å²) in [6.45, 7) is 1.27. The van der Waals surface area contributed by atoms with Crippen molar-refractivity contribution in [3.05, 3.63) is 27.4 Å². The first-order valence-corrected chi connectivity index (χ1v) is 4.66. The van der Waals surface area contributed by atoms with Crippen LogP contribution < -0.4 is 4.74 Å². The fourth-order valence-electron chi connectivity index (χ4n) is 1.25. The first-order chi connectivity index (χ1) is 8.65. The fourth-order valence-corrected chi connectivity index (χ4v) is 1.25. The van der Waals surface area contributed by atoms with Gasteiger partial charge in [-0.2, -0.15) is 0 Å². The van der Waals surface area contributed by atoms with Crippen LogP contribution in [0.1, 0.15) is 16.1 Å². The molecule has 1 aromatic heterocycles. The van der Waals surface area contributed by atoms with Crippen LogP contribution in [0, 0.1) is 17.0 Å². The van der Waals surface area contributed by atoms with Gasteiger partial charge in [-0.3, -0.25) is 0 Å². The van der Waals surface area contributed by atoms with E-state index in [2.05, 4.69) is 14.5 Å². The second-order valence-corrected chi connectivity index (χ2v) is 3.26. The van der Waals surface area contributed by atoms with Crippen molar-refractivity contribution in [1.82, 2.24) is 4.98 Å². The molecule has 0 radical (unpaired) electrons. The number of carbonyl (C=O) groups is 1. The molecule has 1 aromatic rings. The van der Waals surface area contributed by atoms with Gasteiger partial charge >= 0.3 is 18.1 Å². The zero-order valence-corrected chi connectivity index (χ0v) is 9.65. The Balaban J connectivity index is 3.51. The number of methoxy groups -OCH3 is 1. The number of ether oxygens (including phenoxy) is 2. The van der Waals surface area contributed by atoms with Crippen LogP contribution in [-0.4, -0.2) is 29.3 Å². The lowest BCUT2D eigenvalue weighted by molar-refractivity contribution is -0.393. The van der Waals surface area contributed by atoms with Crippen LogP contribution in [0.25, 0.3) is 0 Å². The maximum atomic E-state index is 12.2. The van der Waals surface area contributed by atoms with Crippen molar-refractivity contribution < 1.29 is 32.4 Å². The van der Waals surface area contributed by atoms with Gasteiger partial charge < -0.3 is 19.6 Å². The number of halogens is 3. The normalized spacial score (nSPS) is 11.0. The molecule has 0 unspecified atom stereocenters. The number of carbonyl (C=O) groups excluding carboxylic acids is 1. The minimum absolute atomic E-state index is 0.0263. The van der Waals surface area contributed by atoms with Crippen molar-refractivity contribution in [1.29, 1.82) is 0 Å². The Morgan fingerprint density at radius 1 is 1.47 bits per heavy atom. The molecule has 10 heteroatoms. The number of esters is 1. The zero-order chi connectivity index (χ0) is 14.8. The van der Waals surface area contributed by atoms with E-state index in [0.29, 0.717) is 0 Å². The highest BCUT2D eigenvalue weighted by atomic mass is 19.4. The predicted molar refractivity (Wildman–Crippen MR) is 53.7 cm³/mol. The third-order valence-electron chi connectivity index (χ3n) is 1.88. The second-order valence-electron chi connectivity index (χ2n) is 3.26. The SMILES string of the molecule is COC(=O)c1cc(C)nc([N+](=O)[O-])c1OC(F)(F)F. The van der Waals surface area contributed by atoms with Gasteiger partial charge in [0.25, 0.3) is 0 Å². The number of pyridine rings is 1. The minimum atomic E-state index is -5.20. The minimum Gasteiger partial charge on any atom is -0.465 e. The van der Waals surface area contributed by atoms with Crippen molar-refractivity contribution in [3.8, 4) is 5.75 Å². The van der Waals surface area contributed by atoms with Crippen molar-refractivity contribution in [2.75, 3.05) is 7.11 Å². The van der Waals surface area contributed by atoms with Gasteiger partial charge in [-0.15, -0.1) is 13.2 Å². The van der Waals surface area contributed by atoms with Crippen molar-refractivity contribution >= 4 is 11.8 Å². The van der Waals surface area contributed by atoms with E-state index in [-0.39, 0.29) is 5.69 Å². The molecule has 0 N–H and O–H groups in total. The van der Waals surface area contributed by atoms with Crippen LogP contribution in [-0.2, 0) is 4.74 Å². The largest absolute Gasteiger partial charge is 0.573 e. The smallest absolute Gasteiger partial charge is 0.465 e. The Bertz CT molecular complexity index is 529. The molecule has 1 heterocycles. The van der Waals surface area contributed by atoms with Gasteiger partial charge in [0.15, 0.2) is 5.69 Å². The molecule has 0 bridgehead atoms. The third-order valence-corrected chi connectivity index (χ3v) is 1.88. The van der Waals surface area contributed by atoms with Gasteiger partial charge in [-0.05, 0) is 9.91 Å². The molecule has 19 heavy (non-hydrogen) atoms. The molecule has 0 aliphatic rings. The summed E-state index contributed by atoms with van der Waals surface area (Å²) in [4.78, 5) is 24.1. The van der Waals surface area contributed by atoms with Crippen LogP contribution in [0.15, 0.2) is 6.07 Å². The maximum Gasteiger partial charge on any atom is 0.573 e. The third kappa shape index (κ3) is 3.53. The van der Waals surface area contributed by atoms with Gasteiger partial charge in [0.05, 0.1) is 7.11 Å². The van der Waals surface area contributed by atoms with E-state index in [9.17, 15) is 28.1 Å². The highest BCUT2D eigenvalue weighted by molar-refractivity contribution is 5.93. The Morgan fingerprint density at radius 2 is 2.05 bits per heavy atom. The highest BCUT2D eigenvalue weighted by Crippen LogP contribution is 2.34. The number of hydrogen-bond donors (Lipinski definition) is 0. The van der Waals surface area contributed by atoms with Crippen molar-refractivity contribution in [2.45, 2.75) is 13.3 Å². The quantitative estimate of drug-likeness (QED) is 0.477. The summed E-state index contributed by atoms with van der Waals surface area (Å²) in [6.07, 6.45) is -5.20.